The molecule has 0 radical (unpaired) electrons. The third-order valence-electron chi connectivity index (χ3n) is 5.13. The standard InChI is InChI=1S/C25H20N4O3S2/c30-22(13-10-16-6-2-1-3-7-16)27-24-28-29-25(34-24)33-15-23(31)26-17-11-12-19-18-8-4-5-9-20(18)32-21(19)14-17/h1-9,11-12,14H,10,13,15H2,(H,26,31)(H,27,28,30). The number of para-hydroxylation sites is 1. The van der Waals surface area contributed by atoms with Crippen LogP contribution in [-0.4, -0.2) is 27.8 Å². The number of rotatable bonds is 8. The van der Waals surface area contributed by atoms with Gasteiger partial charge < -0.3 is 15.1 Å². The summed E-state index contributed by atoms with van der Waals surface area (Å²) >= 11 is 2.52. The number of amides is 2. The number of thioether (sulfide) groups is 1. The van der Waals surface area contributed by atoms with Crippen molar-refractivity contribution in [1.29, 1.82) is 0 Å². The van der Waals surface area contributed by atoms with Crippen molar-refractivity contribution in [3.05, 3.63) is 78.4 Å². The minimum atomic E-state index is -0.163. The first-order valence-electron chi connectivity index (χ1n) is 10.7. The van der Waals surface area contributed by atoms with Crippen molar-refractivity contribution in [2.24, 2.45) is 0 Å². The van der Waals surface area contributed by atoms with Crippen LogP contribution >= 0.6 is 23.1 Å². The molecule has 2 N–H and O–H groups in total. The molecule has 0 aliphatic heterocycles. The highest BCUT2D eigenvalue weighted by molar-refractivity contribution is 8.01. The minimum Gasteiger partial charge on any atom is -0.456 e. The summed E-state index contributed by atoms with van der Waals surface area (Å²) in [5.41, 5.74) is 3.32. The summed E-state index contributed by atoms with van der Waals surface area (Å²) in [4.78, 5) is 24.6. The van der Waals surface area contributed by atoms with Gasteiger partial charge in [-0.3, -0.25) is 9.59 Å². The van der Waals surface area contributed by atoms with E-state index < -0.39 is 0 Å². The van der Waals surface area contributed by atoms with Crippen molar-refractivity contribution in [3.8, 4) is 0 Å². The smallest absolute Gasteiger partial charge is 0.234 e. The number of nitrogens with one attached hydrogen (secondary N) is 2. The number of fused-ring (bicyclic) bond motifs is 3. The quantitative estimate of drug-likeness (QED) is 0.214. The SMILES string of the molecule is O=C(CSc1nnc(NC(=O)CCc2ccccc2)s1)Nc1ccc2c(c1)oc1ccccc12. The second-order valence-corrected chi connectivity index (χ2v) is 9.75. The third kappa shape index (κ3) is 5.27. The van der Waals surface area contributed by atoms with Gasteiger partial charge in [-0.2, -0.15) is 0 Å². The van der Waals surface area contributed by atoms with Gasteiger partial charge in [-0.1, -0.05) is 71.6 Å². The van der Waals surface area contributed by atoms with E-state index in [2.05, 4.69) is 20.8 Å². The van der Waals surface area contributed by atoms with Crippen LogP contribution in [0.15, 0.2) is 81.6 Å². The van der Waals surface area contributed by atoms with Gasteiger partial charge in [0.15, 0.2) is 4.34 Å². The highest BCUT2D eigenvalue weighted by Crippen LogP contribution is 2.30. The molecule has 170 valence electrons. The number of carbonyl (C=O) groups is 2. The fraction of sp³-hybridized carbons (Fsp3) is 0.120. The average Bonchev–Trinajstić information content (AvgIpc) is 3.45. The summed E-state index contributed by atoms with van der Waals surface area (Å²) in [7, 11) is 0. The maximum absolute atomic E-state index is 12.4. The van der Waals surface area contributed by atoms with Crippen molar-refractivity contribution in [2.45, 2.75) is 17.2 Å². The average molecular weight is 489 g/mol. The fourth-order valence-corrected chi connectivity index (χ4v) is 5.10. The first-order valence-corrected chi connectivity index (χ1v) is 12.5. The maximum Gasteiger partial charge on any atom is 0.234 e. The van der Waals surface area contributed by atoms with Gasteiger partial charge in [-0.05, 0) is 30.2 Å². The molecule has 34 heavy (non-hydrogen) atoms. The van der Waals surface area contributed by atoms with Crippen LogP contribution in [0.25, 0.3) is 21.9 Å². The Balaban J connectivity index is 1.12. The molecule has 2 amide bonds. The Morgan fingerprint density at radius 3 is 2.53 bits per heavy atom. The fourth-order valence-electron chi connectivity index (χ4n) is 3.53. The Labute approximate surface area is 203 Å². The van der Waals surface area contributed by atoms with E-state index in [1.807, 2.05) is 72.8 Å². The molecule has 7 nitrogen and oxygen atoms in total. The molecule has 0 saturated carbocycles. The van der Waals surface area contributed by atoms with Crippen molar-refractivity contribution in [3.63, 3.8) is 0 Å². The lowest BCUT2D eigenvalue weighted by atomic mass is 10.1. The Morgan fingerprint density at radius 2 is 1.65 bits per heavy atom. The largest absolute Gasteiger partial charge is 0.456 e. The lowest BCUT2D eigenvalue weighted by Crippen LogP contribution is -2.13. The Bertz CT molecular complexity index is 1460. The third-order valence-corrected chi connectivity index (χ3v) is 7.10. The number of anilines is 2. The van der Waals surface area contributed by atoms with Gasteiger partial charge in [0.2, 0.25) is 16.9 Å². The molecule has 9 heteroatoms. The zero-order valence-corrected chi connectivity index (χ0v) is 19.6. The van der Waals surface area contributed by atoms with Crippen molar-refractivity contribution >= 4 is 67.7 Å². The van der Waals surface area contributed by atoms with E-state index in [1.54, 1.807) is 0 Å². The number of carbonyl (C=O) groups excluding carboxylic acids is 2. The first-order chi connectivity index (χ1) is 16.6. The number of furan rings is 1. The van der Waals surface area contributed by atoms with E-state index in [1.165, 1.54) is 23.1 Å². The normalized spacial score (nSPS) is 11.1. The van der Waals surface area contributed by atoms with Gasteiger partial charge in [0.25, 0.3) is 0 Å². The van der Waals surface area contributed by atoms with Crippen molar-refractivity contribution in [1.82, 2.24) is 10.2 Å². The molecule has 0 aliphatic rings. The summed E-state index contributed by atoms with van der Waals surface area (Å²) in [5, 5.41) is 16.2. The van der Waals surface area contributed by atoms with E-state index in [0.29, 0.717) is 28.0 Å². The number of aromatic nitrogens is 2. The van der Waals surface area contributed by atoms with Crippen LogP contribution in [0.4, 0.5) is 10.8 Å². The van der Waals surface area contributed by atoms with Gasteiger partial charge >= 0.3 is 0 Å². The predicted octanol–water partition coefficient (Wildman–Crippen LogP) is 5.74. The summed E-state index contributed by atoms with van der Waals surface area (Å²) in [6, 6.07) is 23.3. The van der Waals surface area contributed by atoms with E-state index in [-0.39, 0.29) is 17.6 Å². The molecule has 5 rings (SSSR count). The highest BCUT2D eigenvalue weighted by atomic mass is 32.2. The van der Waals surface area contributed by atoms with Gasteiger partial charge in [-0.25, -0.2) is 0 Å². The second kappa shape index (κ2) is 10.1. The summed E-state index contributed by atoms with van der Waals surface area (Å²) in [6.07, 6.45) is 1.02. The van der Waals surface area contributed by atoms with Crippen LogP contribution in [0, 0.1) is 0 Å². The number of hydrogen-bond donors (Lipinski definition) is 2. The molecule has 0 aliphatic carbocycles. The van der Waals surface area contributed by atoms with E-state index in [0.717, 1.165) is 27.5 Å². The molecular weight excluding hydrogens is 468 g/mol. The van der Waals surface area contributed by atoms with Gasteiger partial charge in [0.1, 0.15) is 11.2 Å². The number of benzene rings is 3. The second-order valence-electron chi connectivity index (χ2n) is 7.55. The molecule has 0 spiro atoms. The molecule has 0 bridgehead atoms. The maximum atomic E-state index is 12.4. The highest BCUT2D eigenvalue weighted by Gasteiger charge is 2.12. The van der Waals surface area contributed by atoms with Crippen LogP contribution in [0.3, 0.4) is 0 Å². The van der Waals surface area contributed by atoms with E-state index >= 15 is 0 Å². The summed E-state index contributed by atoms with van der Waals surface area (Å²) in [5.74, 6) is -0.103. The molecule has 2 heterocycles. The lowest BCUT2D eigenvalue weighted by molar-refractivity contribution is -0.116. The summed E-state index contributed by atoms with van der Waals surface area (Å²) in [6.45, 7) is 0. The molecular formula is C25H20N4O3S2. The molecule has 3 aromatic carbocycles. The lowest BCUT2D eigenvalue weighted by Gasteiger charge is -2.04. The Hall–Kier alpha value is -3.69. The molecule has 0 atom stereocenters. The minimum absolute atomic E-state index is 0.115. The zero-order chi connectivity index (χ0) is 23.3. The van der Waals surface area contributed by atoms with E-state index in [4.69, 9.17) is 4.42 Å². The topological polar surface area (TPSA) is 97.1 Å². The number of nitrogens with zero attached hydrogens (tertiary/aromatic N) is 2. The van der Waals surface area contributed by atoms with Gasteiger partial charge in [0.05, 0.1) is 5.75 Å². The van der Waals surface area contributed by atoms with Crippen LogP contribution in [-0.2, 0) is 16.0 Å². The molecule has 0 saturated heterocycles. The number of hydrogen-bond acceptors (Lipinski definition) is 7. The molecule has 0 unspecified atom stereocenters. The Morgan fingerprint density at radius 1 is 0.853 bits per heavy atom. The first kappa shape index (κ1) is 22.1. The van der Waals surface area contributed by atoms with E-state index in [9.17, 15) is 9.59 Å². The van der Waals surface area contributed by atoms with Crippen molar-refractivity contribution < 1.29 is 14.0 Å². The van der Waals surface area contributed by atoms with Crippen molar-refractivity contribution in [2.75, 3.05) is 16.4 Å². The molecule has 5 aromatic rings. The van der Waals surface area contributed by atoms with Crippen LogP contribution in [0.5, 0.6) is 0 Å². The molecule has 2 aromatic heterocycles. The Kier molecular flexibility index (Phi) is 6.55. The zero-order valence-electron chi connectivity index (χ0n) is 18.0. The van der Waals surface area contributed by atoms with Gasteiger partial charge in [-0.15, -0.1) is 10.2 Å². The van der Waals surface area contributed by atoms with Crippen LogP contribution in [0.2, 0.25) is 0 Å². The summed E-state index contributed by atoms with van der Waals surface area (Å²) < 4.78 is 6.49. The van der Waals surface area contributed by atoms with Crippen LogP contribution < -0.4 is 10.6 Å². The van der Waals surface area contributed by atoms with Crippen LogP contribution in [0.1, 0.15) is 12.0 Å². The monoisotopic (exact) mass is 488 g/mol. The molecule has 0 fully saturated rings. The van der Waals surface area contributed by atoms with Gasteiger partial charge in [0, 0.05) is 28.9 Å². The predicted molar refractivity (Wildman–Crippen MR) is 136 cm³/mol. The number of aryl methyl sites for hydroxylation is 1.